The van der Waals surface area contributed by atoms with Crippen LogP contribution in [0.4, 0.5) is 0 Å². The van der Waals surface area contributed by atoms with E-state index in [9.17, 15) is 14.4 Å². The molecule has 1 atom stereocenters. The Morgan fingerprint density at radius 2 is 1.66 bits per heavy atom. The van der Waals surface area contributed by atoms with Crippen molar-refractivity contribution in [1.82, 2.24) is 0 Å². The van der Waals surface area contributed by atoms with Gasteiger partial charge in [0.1, 0.15) is 6.04 Å². The molecule has 1 aliphatic carbocycles. The molecule has 0 radical (unpaired) electrons. The summed E-state index contributed by atoms with van der Waals surface area (Å²) in [7, 11) is 0. The number of unbranched alkanes of at least 4 members (excludes halogenated alkanes) is 1. The maximum absolute atomic E-state index is 10.2. The van der Waals surface area contributed by atoms with Crippen LogP contribution in [-0.2, 0) is 9.59 Å². The van der Waals surface area contributed by atoms with Crippen LogP contribution >= 0.6 is 23.2 Å². The summed E-state index contributed by atoms with van der Waals surface area (Å²) in [6.07, 6.45) is 9.52. The quantitative estimate of drug-likeness (QED) is 0.243. The Labute approximate surface area is 199 Å². The Kier molecular flexibility index (Phi) is 21.4. The standard InChI is InChI=1S/C7H4Cl2O.C6H14N2O2.C6H13N.C2H5NO2/c8-6-2-1-5(4-10)7(9)3-6;7-4-2-1-3-5(8)6(9)10;7-6-4-2-1-3-5-6;3-1-2(4)5/h1-4H;5H,1-4,7-8H2,(H,9,10);6H,1-5,7H2;1,3H2,(H,4,5)/t;5-;;/m.0../s1. The van der Waals surface area contributed by atoms with Gasteiger partial charge >= 0.3 is 11.9 Å². The van der Waals surface area contributed by atoms with Crippen LogP contribution in [0.5, 0.6) is 0 Å². The van der Waals surface area contributed by atoms with E-state index >= 15 is 0 Å². The number of carbonyl (C=O) groups excluding carboxylic acids is 1. The lowest BCUT2D eigenvalue weighted by Gasteiger charge is -2.15. The molecule has 1 aromatic carbocycles. The van der Waals surface area contributed by atoms with Gasteiger partial charge in [0.2, 0.25) is 0 Å². The summed E-state index contributed by atoms with van der Waals surface area (Å²) in [6.45, 7) is 0.326. The summed E-state index contributed by atoms with van der Waals surface area (Å²) >= 11 is 11.2. The van der Waals surface area contributed by atoms with Crippen molar-refractivity contribution in [2.75, 3.05) is 13.1 Å². The van der Waals surface area contributed by atoms with Gasteiger partial charge in [0, 0.05) is 16.6 Å². The first-order valence-electron chi connectivity index (χ1n) is 10.3. The summed E-state index contributed by atoms with van der Waals surface area (Å²) in [5.74, 6) is -1.90. The zero-order chi connectivity index (χ0) is 24.9. The van der Waals surface area contributed by atoms with Gasteiger partial charge in [-0.2, -0.15) is 0 Å². The Morgan fingerprint density at radius 3 is 2.00 bits per heavy atom. The second-order valence-corrected chi connectivity index (χ2v) is 7.85. The number of carbonyl (C=O) groups is 3. The molecule has 0 spiro atoms. The number of rotatable bonds is 7. The molecule has 0 aliphatic heterocycles. The highest BCUT2D eigenvalue weighted by Gasteiger charge is 2.09. The van der Waals surface area contributed by atoms with E-state index in [-0.39, 0.29) is 6.54 Å². The van der Waals surface area contributed by atoms with Crippen LogP contribution in [-0.4, -0.2) is 53.6 Å². The molecular formula is C21H36Cl2N4O5. The van der Waals surface area contributed by atoms with Crippen molar-refractivity contribution < 1.29 is 24.6 Å². The SMILES string of the molecule is NC1CCCCC1.NCC(=O)O.NCCCC[C@H](N)C(=O)O.O=Cc1ccc(Cl)cc1Cl. The molecule has 0 unspecified atom stereocenters. The van der Waals surface area contributed by atoms with Crippen LogP contribution in [0.15, 0.2) is 18.2 Å². The molecule has 184 valence electrons. The molecule has 32 heavy (non-hydrogen) atoms. The molecule has 0 heterocycles. The highest BCUT2D eigenvalue weighted by Crippen LogP contribution is 2.19. The van der Waals surface area contributed by atoms with Gasteiger partial charge < -0.3 is 33.1 Å². The zero-order valence-electron chi connectivity index (χ0n) is 18.2. The third-order valence-corrected chi connectivity index (χ3v) is 4.76. The number of hydrogen-bond donors (Lipinski definition) is 6. The lowest BCUT2D eigenvalue weighted by molar-refractivity contribution is -0.138. The largest absolute Gasteiger partial charge is 0.480 e. The van der Waals surface area contributed by atoms with Crippen molar-refractivity contribution >= 4 is 41.4 Å². The highest BCUT2D eigenvalue weighted by atomic mass is 35.5. The molecule has 0 aromatic heterocycles. The molecule has 9 nitrogen and oxygen atoms in total. The molecule has 1 aromatic rings. The van der Waals surface area contributed by atoms with Gasteiger partial charge in [-0.1, -0.05) is 48.9 Å². The van der Waals surface area contributed by atoms with Crippen molar-refractivity contribution in [3.8, 4) is 0 Å². The summed E-state index contributed by atoms with van der Waals surface area (Å²) in [4.78, 5) is 29.6. The van der Waals surface area contributed by atoms with E-state index in [1.165, 1.54) is 38.2 Å². The number of carboxylic acids is 2. The molecular weight excluding hydrogens is 459 g/mol. The molecule has 1 saturated carbocycles. The fraction of sp³-hybridized carbons (Fsp3) is 0.571. The van der Waals surface area contributed by atoms with Crippen molar-refractivity contribution in [3.05, 3.63) is 33.8 Å². The summed E-state index contributed by atoms with van der Waals surface area (Å²) in [6, 6.07) is 4.56. The fourth-order valence-electron chi connectivity index (χ4n) is 2.36. The van der Waals surface area contributed by atoms with Gasteiger partial charge in [0.15, 0.2) is 6.29 Å². The third-order valence-electron chi connectivity index (χ3n) is 4.20. The van der Waals surface area contributed by atoms with Gasteiger partial charge in [-0.05, 0) is 50.4 Å². The number of halogens is 2. The molecule has 1 fully saturated rings. The molecule has 10 N–H and O–H groups in total. The first-order valence-corrected chi connectivity index (χ1v) is 11.1. The fourth-order valence-corrected chi connectivity index (χ4v) is 2.82. The van der Waals surface area contributed by atoms with Crippen LogP contribution in [0.1, 0.15) is 61.7 Å². The number of nitrogens with two attached hydrogens (primary N) is 4. The second kappa shape index (κ2) is 21.1. The molecule has 11 heteroatoms. The molecule has 2 rings (SSSR count). The minimum atomic E-state index is -0.968. The van der Waals surface area contributed by atoms with Gasteiger partial charge in [-0.25, -0.2) is 0 Å². The Morgan fingerprint density at radius 1 is 1.09 bits per heavy atom. The van der Waals surface area contributed by atoms with Crippen molar-refractivity contribution in [2.24, 2.45) is 22.9 Å². The van der Waals surface area contributed by atoms with Crippen LogP contribution in [0, 0.1) is 0 Å². The third kappa shape index (κ3) is 20.2. The molecule has 1 aliphatic rings. The number of aliphatic carboxylic acids is 2. The first-order chi connectivity index (χ1) is 15.1. The van der Waals surface area contributed by atoms with Crippen LogP contribution in [0.3, 0.4) is 0 Å². The van der Waals surface area contributed by atoms with E-state index in [2.05, 4.69) is 5.73 Å². The van der Waals surface area contributed by atoms with Crippen molar-refractivity contribution in [2.45, 2.75) is 63.5 Å². The zero-order valence-corrected chi connectivity index (χ0v) is 19.7. The van der Waals surface area contributed by atoms with E-state index in [0.29, 0.717) is 40.9 Å². The summed E-state index contributed by atoms with van der Waals surface area (Å²) in [5, 5.41) is 16.9. The minimum Gasteiger partial charge on any atom is -0.480 e. The van der Waals surface area contributed by atoms with Crippen LogP contribution in [0.25, 0.3) is 0 Å². The second-order valence-electron chi connectivity index (χ2n) is 7.01. The Bertz CT molecular complexity index is 659. The first kappa shape index (κ1) is 32.4. The van der Waals surface area contributed by atoms with E-state index in [0.717, 1.165) is 12.8 Å². The molecule has 0 saturated heterocycles. The average Bonchev–Trinajstić information content (AvgIpc) is 2.75. The van der Waals surface area contributed by atoms with Gasteiger partial charge in [0.05, 0.1) is 11.6 Å². The lowest BCUT2D eigenvalue weighted by atomic mass is 9.97. The van der Waals surface area contributed by atoms with E-state index in [1.807, 2.05) is 0 Å². The van der Waals surface area contributed by atoms with Crippen molar-refractivity contribution in [3.63, 3.8) is 0 Å². The highest BCUT2D eigenvalue weighted by molar-refractivity contribution is 6.36. The van der Waals surface area contributed by atoms with Gasteiger partial charge in [-0.3, -0.25) is 14.4 Å². The summed E-state index contributed by atoms with van der Waals surface area (Å²) < 4.78 is 0. The van der Waals surface area contributed by atoms with E-state index in [1.54, 1.807) is 12.1 Å². The number of carboxylic acid groups (broad SMARTS) is 2. The smallest absolute Gasteiger partial charge is 0.320 e. The van der Waals surface area contributed by atoms with Crippen LogP contribution < -0.4 is 22.9 Å². The number of hydrogen-bond acceptors (Lipinski definition) is 7. The predicted molar refractivity (Wildman–Crippen MR) is 128 cm³/mol. The molecule has 0 bridgehead atoms. The predicted octanol–water partition coefficient (Wildman–Crippen LogP) is 2.64. The number of benzene rings is 1. The number of aldehydes is 1. The Balaban J connectivity index is 0. The normalized spacial score (nSPS) is 13.7. The van der Waals surface area contributed by atoms with Crippen LogP contribution in [0.2, 0.25) is 10.0 Å². The minimum absolute atomic E-state index is 0.278. The maximum Gasteiger partial charge on any atom is 0.320 e. The average molecular weight is 495 g/mol. The van der Waals surface area contributed by atoms with Crippen molar-refractivity contribution in [1.29, 1.82) is 0 Å². The van der Waals surface area contributed by atoms with Gasteiger partial charge in [0.25, 0.3) is 0 Å². The lowest BCUT2D eigenvalue weighted by Crippen LogP contribution is -2.29. The topological polar surface area (TPSA) is 196 Å². The Hall–Kier alpha value is -1.75. The maximum atomic E-state index is 10.2. The van der Waals surface area contributed by atoms with E-state index in [4.69, 9.17) is 50.6 Å². The van der Waals surface area contributed by atoms with Gasteiger partial charge in [-0.15, -0.1) is 0 Å². The van der Waals surface area contributed by atoms with E-state index < -0.39 is 18.0 Å². The summed E-state index contributed by atoms with van der Waals surface area (Å²) in [5.41, 5.74) is 21.1. The monoisotopic (exact) mass is 494 g/mol. The molecule has 0 amide bonds.